The number of nitrogens with one attached hydrogen (secondary N) is 1. The summed E-state index contributed by atoms with van der Waals surface area (Å²) in [5.74, 6) is 0. The summed E-state index contributed by atoms with van der Waals surface area (Å²) in [5.41, 5.74) is 1.37. The molecule has 1 heterocycles. The molecule has 94 valence electrons. The first kappa shape index (κ1) is 13.1. The highest BCUT2D eigenvalue weighted by atomic mass is 79.9. The second-order valence-electron chi connectivity index (χ2n) is 4.72. The molecule has 1 aromatic rings. The van der Waals surface area contributed by atoms with E-state index in [9.17, 15) is 0 Å². The van der Waals surface area contributed by atoms with Gasteiger partial charge in [-0.15, -0.1) is 0 Å². The monoisotopic (exact) mass is 296 g/mol. The fraction of sp³-hybridized carbons (Fsp3) is 0.571. The highest BCUT2D eigenvalue weighted by molar-refractivity contribution is 9.10. The molecule has 2 nitrogen and oxygen atoms in total. The summed E-state index contributed by atoms with van der Waals surface area (Å²) in [6, 6.07) is 9.27. The van der Waals surface area contributed by atoms with Gasteiger partial charge in [0.2, 0.25) is 0 Å². The third kappa shape index (κ3) is 4.09. The molecule has 1 aromatic carbocycles. The van der Waals surface area contributed by atoms with Gasteiger partial charge in [0.15, 0.2) is 0 Å². The molecule has 0 spiro atoms. The molecule has 1 saturated heterocycles. The van der Waals surface area contributed by atoms with Crippen LogP contribution in [0.3, 0.4) is 0 Å². The zero-order valence-corrected chi connectivity index (χ0v) is 12.0. The summed E-state index contributed by atoms with van der Waals surface area (Å²) in [4.78, 5) is 2.53. The summed E-state index contributed by atoms with van der Waals surface area (Å²) in [7, 11) is 0. The van der Waals surface area contributed by atoms with Crippen molar-refractivity contribution >= 4 is 15.9 Å². The lowest BCUT2D eigenvalue weighted by Gasteiger charge is -2.31. The molecule has 17 heavy (non-hydrogen) atoms. The SMILES string of the molecule is CCN1CCC(NCc2ccc(Br)cc2)CC1. The predicted molar refractivity (Wildman–Crippen MR) is 76.1 cm³/mol. The summed E-state index contributed by atoms with van der Waals surface area (Å²) in [6.07, 6.45) is 2.56. The number of nitrogens with zero attached hydrogens (tertiary/aromatic N) is 1. The Kier molecular flexibility index (Phi) is 5.01. The minimum absolute atomic E-state index is 0.696. The van der Waals surface area contributed by atoms with E-state index in [0.717, 1.165) is 11.0 Å². The molecule has 3 heteroatoms. The molecule has 0 aromatic heterocycles. The zero-order chi connectivity index (χ0) is 12.1. The molecule has 1 aliphatic rings. The Hall–Kier alpha value is -0.380. The molecule has 0 atom stereocenters. The van der Waals surface area contributed by atoms with Crippen molar-refractivity contribution in [1.82, 2.24) is 10.2 Å². The molecule has 1 aliphatic heterocycles. The predicted octanol–water partition coefficient (Wildman–Crippen LogP) is 3.02. The van der Waals surface area contributed by atoms with E-state index in [2.05, 4.69) is 57.3 Å². The molecular weight excluding hydrogens is 276 g/mol. The Morgan fingerprint density at radius 2 is 1.88 bits per heavy atom. The first-order chi connectivity index (χ1) is 8.28. The maximum atomic E-state index is 3.66. The lowest BCUT2D eigenvalue weighted by molar-refractivity contribution is 0.206. The van der Waals surface area contributed by atoms with Crippen molar-refractivity contribution in [2.75, 3.05) is 19.6 Å². The van der Waals surface area contributed by atoms with Crippen LogP contribution >= 0.6 is 15.9 Å². The van der Waals surface area contributed by atoms with Crippen LogP contribution in [0, 0.1) is 0 Å². The number of benzene rings is 1. The van der Waals surface area contributed by atoms with Crippen LogP contribution < -0.4 is 5.32 Å². The molecule has 0 radical (unpaired) electrons. The van der Waals surface area contributed by atoms with Gasteiger partial charge in [-0.05, 0) is 50.2 Å². The molecule has 2 rings (SSSR count). The van der Waals surface area contributed by atoms with Gasteiger partial charge >= 0.3 is 0 Å². The summed E-state index contributed by atoms with van der Waals surface area (Å²) in [5, 5.41) is 3.66. The van der Waals surface area contributed by atoms with Crippen LogP contribution in [0.2, 0.25) is 0 Å². The lowest BCUT2D eigenvalue weighted by atomic mass is 10.0. The van der Waals surface area contributed by atoms with Crippen molar-refractivity contribution in [2.24, 2.45) is 0 Å². The fourth-order valence-corrected chi connectivity index (χ4v) is 2.58. The van der Waals surface area contributed by atoms with E-state index in [1.807, 2.05) is 0 Å². The fourth-order valence-electron chi connectivity index (χ4n) is 2.32. The summed E-state index contributed by atoms with van der Waals surface area (Å²) < 4.78 is 1.15. The molecule has 0 aliphatic carbocycles. The van der Waals surface area contributed by atoms with Gasteiger partial charge in [0.05, 0.1) is 0 Å². The van der Waals surface area contributed by atoms with Gasteiger partial charge in [-0.25, -0.2) is 0 Å². The summed E-state index contributed by atoms with van der Waals surface area (Å²) in [6.45, 7) is 6.92. The van der Waals surface area contributed by atoms with Gasteiger partial charge in [0.1, 0.15) is 0 Å². The topological polar surface area (TPSA) is 15.3 Å². The third-order valence-electron chi connectivity index (χ3n) is 3.54. The smallest absolute Gasteiger partial charge is 0.0208 e. The van der Waals surface area contributed by atoms with Crippen LogP contribution in [0.5, 0.6) is 0 Å². The zero-order valence-electron chi connectivity index (χ0n) is 10.5. The normalized spacial score (nSPS) is 18.5. The molecule has 1 fully saturated rings. The van der Waals surface area contributed by atoms with E-state index in [1.54, 1.807) is 0 Å². The standard InChI is InChI=1S/C14H21BrN2/c1-2-17-9-7-14(8-10-17)16-11-12-3-5-13(15)6-4-12/h3-6,14,16H,2,7-11H2,1H3. The number of halogens is 1. The molecular formula is C14H21BrN2. The molecule has 0 unspecified atom stereocenters. The summed E-state index contributed by atoms with van der Waals surface area (Å²) >= 11 is 3.46. The van der Waals surface area contributed by atoms with Gasteiger partial charge in [-0.2, -0.15) is 0 Å². The quantitative estimate of drug-likeness (QED) is 0.919. The van der Waals surface area contributed by atoms with Crippen molar-refractivity contribution in [3.05, 3.63) is 34.3 Å². The molecule has 1 N–H and O–H groups in total. The van der Waals surface area contributed by atoms with Crippen LogP contribution in [0.1, 0.15) is 25.3 Å². The molecule has 0 amide bonds. The first-order valence-electron chi connectivity index (χ1n) is 6.48. The van der Waals surface area contributed by atoms with Crippen LogP contribution in [0.15, 0.2) is 28.7 Å². The Balaban J connectivity index is 1.74. The maximum Gasteiger partial charge on any atom is 0.0208 e. The van der Waals surface area contributed by atoms with Crippen LogP contribution in [0.25, 0.3) is 0 Å². The maximum absolute atomic E-state index is 3.66. The number of piperidine rings is 1. The van der Waals surface area contributed by atoms with E-state index < -0.39 is 0 Å². The largest absolute Gasteiger partial charge is 0.310 e. The Morgan fingerprint density at radius 3 is 2.47 bits per heavy atom. The van der Waals surface area contributed by atoms with Crippen molar-refractivity contribution in [2.45, 2.75) is 32.4 Å². The number of hydrogen-bond acceptors (Lipinski definition) is 2. The second-order valence-corrected chi connectivity index (χ2v) is 5.63. The first-order valence-corrected chi connectivity index (χ1v) is 7.27. The van der Waals surface area contributed by atoms with Gasteiger partial charge in [-0.3, -0.25) is 0 Å². The molecule has 0 bridgehead atoms. The van der Waals surface area contributed by atoms with E-state index in [0.29, 0.717) is 6.04 Å². The van der Waals surface area contributed by atoms with Crippen LogP contribution in [-0.4, -0.2) is 30.6 Å². The van der Waals surface area contributed by atoms with Gasteiger partial charge in [0, 0.05) is 17.1 Å². The van der Waals surface area contributed by atoms with Crippen molar-refractivity contribution in [1.29, 1.82) is 0 Å². The average molecular weight is 297 g/mol. The van der Waals surface area contributed by atoms with Crippen molar-refractivity contribution in [3.63, 3.8) is 0 Å². The second kappa shape index (κ2) is 6.53. The van der Waals surface area contributed by atoms with E-state index in [4.69, 9.17) is 0 Å². The van der Waals surface area contributed by atoms with Crippen molar-refractivity contribution < 1.29 is 0 Å². The number of rotatable bonds is 4. The van der Waals surface area contributed by atoms with Gasteiger partial charge in [0.25, 0.3) is 0 Å². The van der Waals surface area contributed by atoms with E-state index >= 15 is 0 Å². The van der Waals surface area contributed by atoms with Crippen LogP contribution in [0.4, 0.5) is 0 Å². The lowest BCUT2D eigenvalue weighted by Crippen LogP contribution is -2.42. The third-order valence-corrected chi connectivity index (χ3v) is 4.07. The minimum atomic E-state index is 0.696. The number of likely N-dealkylation sites (tertiary alicyclic amines) is 1. The van der Waals surface area contributed by atoms with Gasteiger partial charge in [-0.1, -0.05) is 35.0 Å². The highest BCUT2D eigenvalue weighted by Gasteiger charge is 2.16. The van der Waals surface area contributed by atoms with Crippen molar-refractivity contribution in [3.8, 4) is 0 Å². The number of hydrogen-bond donors (Lipinski definition) is 1. The van der Waals surface area contributed by atoms with E-state index in [1.165, 1.54) is 38.0 Å². The van der Waals surface area contributed by atoms with E-state index in [-0.39, 0.29) is 0 Å². The average Bonchev–Trinajstić information content (AvgIpc) is 2.39. The minimum Gasteiger partial charge on any atom is -0.310 e. The van der Waals surface area contributed by atoms with Crippen LogP contribution in [-0.2, 0) is 6.54 Å². The Morgan fingerprint density at radius 1 is 1.24 bits per heavy atom. The highest BCUT2D eigenvalue weighted by Crippen LogP contribution is 2.13. The Labute approximate surface area is 113 Å². The Bertz CT molecular complexity index is 329. The molecule has 0 saturated carbocycles. The van der Waals surface area contributed by atoms with Gasteiger partial charge < -0.3 is 10.2 Å².